The van der Waals surface area contributed by atoms with Gasteiger partial charge in [-0.15, -0.1) is 0 Å². The first kappa shape index (κ1) is 17.5. The van der Waals surface area contributed by atoms with Crippen molar-refractivity contribution in [2.45, 2.75) is 70.0 Å². The molecular weight excluding hydrogens is 326 g/mol. The van der Waals surface area contributed by atoms with E-state index in [0.29, 0.717) is 11.1 Å². The molecule has 0 spiro atoms. The number of nitrogens with zero attached hydrogens (tertiary/aromatic N) is 2. The molecule has 0 unspecified atom stereocenters. The molecule has 1 saturated carbocycles. The third-order valence-corrected chi connectivity index (χ3v) is 6.66. The monoisotopic (exact) mass is 355 g/mol. The lowest BCUT2D eigenvalue weighted by molar-refractivity contribution is 0.0427. The van der Waals surface area contributed by atoms with Crippen LogP contribution in [0.4, 0.5) is 0 Å². The van der Waals surface area contributed by atoms with Crippen molar-refractivity contribution in [2.24, 2.45) is 5.73 Å². The molecule has 1 aromatic carbocycles. The number of benzene rings is 1. The zero-order valence-electron chi connectivity index (χ0n) is 15.6. The van der Waals surface area contributed by atoms with E-state index in [1.54, 1.807) is 6.07 Å². The quantitative estimate of drug-likeness (QED) is 0.906. The molecule has 5 nitrogen and oxygen atoms in total. The molecule has 2 fully saturated rings. The maximum Gasteiger partial charge on any atom is 0.255 e. The average molecular weight is 355 g/mol. The van der Waals surface area contributed by atoms with Crippen LogP contribution in [0.2, 0.25) is 0 Å². The number of amides is 2. The van der Waals surface area contributed by atoms with Crippen LogP contribution in [0.15, 0.2) is 18.2 Å². The molecule has 2 amide bonds. The van der Waals surface area contributed by atoms with E-state index in [9.17, 15) is 9.59 Å². The highest BCUT2D eigenvalue weighted by molar-refractivity contribution is 6.09. The molecule has 5 heteroatoms. The Bertz CT molecular complexity index is 703. The maximum absolute atomic E-state index is 13.1. The number of hydrogen-bond donors (Lipinski definition) is 1. The van der Waals surface area contributed by atoms with Crippen LogP contribution in [0.3, 0.4) is 0 Å². The Kier molecular flexibility index (Phi) is 4.74. The standard InChI is InChI=1S/C21H29N3O2/c1-14-17-8-5-9-18(20(22)25)19(17)21(26)24(14)16-10-12-23(13-11-16)15-6-3-2-4-7-15/h5,8-9,14-16H,2-4,6-7,10-13H2,1H3,(H2,22,25)/t14-/m1/s1. The summed E-state index contributed by atoms with van der Waals surface area (Å²) in [5.41, 5.74) is 7.34. The Morgan fingerprint density at radius 1 is 1.04 bits per heavy atom. The van der Waals surface area contributed by atoms with Gasteiger partial charge in [0.2, 0.25) is 5.91 Å². The summed E-state index contributed by atoms with van der Waals surface area (Å²) < 4.78 is 0. The molecule has 1 aliphatic carbocycles. The third kappa shape index (κ3) is 2.92. The van der Waals surface area contributed by atoms with E-state index >= 15 is 0 Å². The predicted molar refractivity (Wildman–Crippen MR) is 101 cm³/mol. The van der Waals surface area contributed by atoms with Gasteiger partial charge in [0.25, 0.3) is 5.91 Å². The van der Waals surface area contributed by atoms with Crippen molar-refractivity contribution in [2.75, 3.05) is 13.1 Å². The van der Waals surface area contributed by atoms with Gasteiger partial charge in [0.05, 0.1) is 17.2 Å². The van der Waals surface area contributed by atoms with Crippen molar-refractivity contribution in [1.82, 2.24) is 9.80 Å². The topological polar surface area (TPSA) is 66.6 Å². The van der Waals surface area contributed by atoms with Crippen LogP contribution in [0, 0.1) is 0 Å². The van der Waals surface area contributed by atoms with E-state index in [0.717, 1.165) is 37.5 Å². The molecule has 4 rings (SSSR count). The molecule has 2 heterocycles. The Hall–Kier alpha value is -1.88. The van der Waals surface area contributed by atoms with Crippen molar-refractivity contribution in [1.29, 1.82) is 0 Å². The maximum atomic E-state index is 13.1. The van der Waals surface area contributed by atoms with Gasteiger partial charge in [0.15, 0.2) is 0 Å². The summed E-state index contributed by atoms with van der Waals surface area (Å²) >= 11 is 0. The van der Waals surface area contributed by atoms with Gasteiger partial charge in [-0.1, -0.05) is 31.4 Å². The molecule has 1 atom stereocenters. The van der Waals surface area contributed by atoms with E-state index in [2.05, 4.69) is 11.8 Å². The Morgan fingerprint density at radius 2 is 1.73 bits per heavy atom. The highest BCUT2D eigenvalue weighted by Gasteiger charge is 2.41. The van der Waals surface area contributed by atoms with E-state index in [1.165, 1.54) is 32.1 Å². The van der Waals surface area contributed by atoms with Gasteiger partial charge in [0.1, 0.15) is 0 Å². The third-order valence-electron chi connectivity index (χ3n) is 6.66. The molecule has 2 N–H and O–H groups in total. The zero-order chi connectivity index (χ0) is 18.3. The van der Waals surface area contributed by atoms with Crippen LogP contribution in [-0.4, -0.2) is 46.8 Å². The summed E-state index contributed by atoms with van der Waals surface area (Å²) in [6, 6.07) is 6.48. The lowest BCUT2D eigenvalue weighted by Gasteiger charge is -2.42. The Morgan fingerprint density at radius 3 is 2.38 bits per heavy atom. The molecule has 0 aromatic heterocycles. The van der Waals surface area contributed by atoms with Gasteiger partial charge < -0.3 is 15.5 Å². The van der Waals surface area contributed by atoms with Gasteiger partial charge in [-0.05, 0) is 44.2 Å². The normalized spacial score (nSPS) is 25.5. The van der Waals surface area contributed by atoms with Crippen molar-refractivity contribution >= 4 is 11.8 Å². The first-order valence-electron chi connectivity index (χ1n) is 10.1. The second-order valence-corrected chi connectivity index (χ2v) is 8.08. The number of likely N-dealkylation sites (tertiary alicyclic amines) is 1. The SMILES string of the molecule is C[C@@H]1c2cccc(C(N)=O)c2C(=O)N1C1CCN(C2CCCCC2)CC1. The minimum Gasteiger partial charge on any atom is -0.366 e. The lowest BCUT2D eigenvalue weighted by atomic mass is 9.91. The summed E-state index contributed by atoms with van der Waals surface area (Å²) in [5, 5.41) is 0. The van der Waals surface area contributed by atoms with Crippen LogP contribution >= 0.6 is 0 Å². The Balaban J connectivity index is 1.48. The molecule has 2 aliphatic heterocycles. The van der Waals surface area contributed by atoms with Gasteiger partial charge in [0, 0.05) is 25.2 Å². The average Bonchev–Trinajstić information content (AvgIpc) is 2.93. The van der Waals surface area contributed by atoms with Crippen molar-refractivity contribution in [3.63, 3.8) is 0 Å². The number of nitrogens with two attached hydrogens (primary N) is 1. The lowest BCUT2D eigenvalue weighted by Crippen LogP contribution is -2.49. The minimum absolute atomic E-state index is 0.0157. The first-order valence-corrected chi connectivity index (χ1v) is 10.1. The van der Waals surface area contributed by atoms with Gasteiger partial charge in [-0.2, -0.15) is 0 Å². The molecule has 0 radical (unpaired) electrons. The van der Waals surface area contributed by atoms with Crippen molar-refractivity contribution in [3.8, 4) is 0 Å². The summed E-state index contributed by atoms with van der Waals surface area (Å²) in [7, 11) is 0. The highest BCUT2D eigenvalue weighted by Crippen LogP contribution is 2.39. The smallest absolute Gasteiger partial charge is 0.255 e. The number of hydrogen-bond acceptors (Lipinski definition) is 3. The number of carbonyl (C=O) groups is 2. The fraction of sp³-hybridized carbons (Fsp3) is 0.619. The van der Waals surface area contributed by atoms with Crippen LogP contribution in [0.25, 0.3) is 0 Å². The number of primary amides is 1. The molecule has 1 aromatic rings. The van der Waals surface area contributed by atoms with E-state index in [-0.39, 0.29) is 18.0 Å². The number of rotatable bonds is 3. The number of fused-ring (bicyclic) bond motifs is 1. The fourth-order valence-electron chi connectivity index (χ4n) is 5.27. The minimum atomic E-state index is -0.517. The van der Waals surface area contributed by atoms with Crippen molar-refractivity contribution in [3.05, 3.63) is 34.9 Å². The molecular formula is C21H29N3O2. The summed E-state index contributed by atoms with van der Waals surface area (Å²) in [4.78, 5) is 29.5. The number of carbonyl (C=O) groups excluding carboxylic acids is 2. The first-order chi connectivity index (χ1) is 12.6. The number of piperidine rings is 1. The van der Waals surface area contributed by atoms with Gasteiger partial charge in [-0.25, -0.2) is 0 Å². The van der Waals surface area contributed by atoms with Crippen LogP contribution in [0.5, 0.6) is 0 Å². The van der Waals surface area contributed by atoms with E-state index in [4.69, 9.17) is 5.73 Å². The summed E-state index contributed by atoms with van der Waals surface area (Å²) in [6.07, 6.45) is 8.80. The van der Waals surface area contributed by atoms with E-state index in [1.807, 2.05) is 17.0 Å². The van der Waals surface area contributed by atoms with Crippen molar-refractivity contribution < 1.29 is 9.59 Å². The summed E-state index contributed by atoms with van der Waals surface area (Å²) in [6.45, 7) is 4.22. The van der Waals surface area contributed by atoms with Crippen LogP contribution in [0.1, 0.15) is 84.2 Å². The van der Waals surface area contributed by atoms with Gasteiger partial charge >= 0.3 is 0 Å². The summed E-state index contributed by atoms with van der Waals surface area (Å²) in [5.74, 6) is -0.533. The molecule has 26 heavy (non-hydrogen) atoms. The fourth-order valence-corrected chi connectivity index (χ4v) is 5.27. The zero-order valence-corrected chi connectivity index (χ0v) is 15.6. The largest absolute Gasteiger partial charge is 0.366 e. The molecule has 140 valence electrons. The molecule has 1 saturated heterocycles. The second kappa shape index (κ2) is 7.03. The van der Waals surface area contributed by atoms with Crippen LogP contribution in [-0.2, 0) is 0 Å². The molecule has 3 aliphatic rings. The predicted octanol–water partition coefficient (Wildman–Crippen LogP) is 3.10. The van der Waals surface area contributed by atoms with Crippen LogP contribution < -0.4 is 5.73 Å². The second-order valence-electron chi connectivity index (χ2n) is 8.08. The highest BCUT2D eigenvalue weighted by atomic mass is 16.2. The molecule has 0 bridgehead atoms. The Labute approximate surface area is 155 Å². The van der Waals surface area contributed by atoms with E-state index < -0.39 is 5.91 Å². The van der Waals surface area contributed by atoms with Gasteiger partial charge in [-0.3, -0.25) is 9.59 Å².